The van der Waals surface area contributed by atoms with Crippen molar-refractivity contribution in [1.82, 2.24) is 4.98 Å². The lowest BCUT2D eigenvalue weighted by Crippen LogP contribution is -2.23. The van der Waals surface area contributed by atoms with E-state index in [1.165, 1.54) is 0 Å². The lowest BCUT2D eigenvalue weighted by Gasteiger charge is -2.15. The van der Waals surface area contributed by atoms with Crippen molar-refractivity contribution in [2.75, 3.05) is 21.0 Å². The number of nitrogens with zero attached hydrogens (tertiary/aromatic N) is 1. The average Bonchev–Trinajstić information content (AvgIpc) is 3.49. The number of hydrogen-bond donors (Lipinski definition) is 0. The van der Waals surface area contributed by atoms with E-state index in [1.54, 1.807) is 14.2 Å². The zero-order valence-corrected chi connectivity index (χ0v) is 17.5. The number of pyridine rings is 1. The second kappa shape index (κ2) is 7.61. The molecule has 31 heavy (non-hydrogen) atoms. The zero-order chi connectivity index (χ0) is 21.4. The highest BCUT2D eigenvalue weighted by molar-refractivity contribution is 5.94. The molecule has 1 fully saturated rings. The molecule has 2 aliphatic rings. The van der Waals surface area contributed by atoms with Crippen LogP contribution in [0.1, 0.15) is 24.1 Å². The number of Topliss-reactive ketones (excluding diaryl/α,β-unsaturated/α-hetero) is 1. The van der Waals surface area contributed by atoms with Crippen molar-refractivity contribution in [3.63, 3.8) is 0 Å². The Hall–Kier alpha value is -3.54. The van der Waals surface area contributed by atoms with Crippen molar-refractivity contribution in [2.45, 2.75) is 24.7 Å². The van der Waals surface area contributed by atoms with E-state index in [4.69, 9.17) is 23.9 Å². The smallest absolute Gasteiger partial charge is 0.231 e. The van der Waals surface area contributed by atoms with Gasteiger partial charge in [-0.1, -0.05) is 12.1 Å². The van der Waals surface area contributed by atoms with Gasteiger partial charge in [-0.15, -0.1) is 0 Å². The minimum atomic E-state index is -0.442. The molecule has 0 amide bonds. The van der Waals surface area contributed by atoms with Crippen molar-refractivity contribution in [1.29, 1.82) is 0 Å². The Balaban J connectivity index is 1.38. The predicted molar refractivity (Wildman–Crippen MR) is 115 cm³/mol. The quantitative estimate of drug-likeness (QED) is 0.570. The average molecular weight is 417 g/mol. The Labute approximate surface area is 180 Å². The van der Waals surface area contributed by atoms with Crippen LogP contribution >= 0.6 is 0 Å². The number of rotatable bonds is 7. The first-order valence-electron chi connectivity index (χ1n) is 10.2. The van der Waals surface area contributed by atoms with Gasteiger partial charge in [0.2, 0.25) is 6.79 Å². The van der Waals surface area contributed by atoms with E-state index in [9.17, 15) is 4.79 Å². The van der Waals surface area contributed by atoms with Gasteiger partial charge in [0.1, 0.15) is 5.78 Å². The van der Waals surface area contributed by atoms with Crippen LogP contribution in [0.5, 0.6) is 23.0 Å². The molecule has 0 radical (unpaired) electrons. The van der Waals surface area contributed by atoms with E-state index < -0.39 is 5.41 Å². The van der Waals surface area contributed by atoms with Crippen molar-refractivity contribution < 1.29 is 23.7 Å². The maximum atomic E-state index is 13.3. The second-order valence-corrected chi connectivity index (χ2v) is 7.83. The van der Waals surface area contributed by atoms with Gasteiger partial charge in [-0.3, -0.25) is 9.78 Å². The van der Waals surface area contributed by atoms with Crippen LogP contribution in [0.3, 0.4) is 0 Å². The Morgan fingerprint density at radius 1 is 0.968 bits per heavy atom. The van der Waals surface area contributed by atoms with Crippen LogP contribution in [0, 0.1) is 0 Å². The van der Waals surface area contributed by atoms with Crippen LogP contribution < -0.4 is 18.9 Å². The molecule has 0 N–H and O–H groups in total. The highest BCUT2D eigenvalue weighted by atomic mass is 16.7. The van der Waals surface area contributed by atoms with Gasteiger partial charge in [-0.05, 0) is 60.9 Å². The fraction of sp³-hybridized carbons (Fsp3) is 0.280. The van der Waals surface area contributed by atoms with Crippen molar-refractivity contribution in [3.8, 4) is 34.3 Å². The molecule has 1 saturated carbocycles. The highest BCUT2D eigenvalue weighted by Crippen LogP contribution is 2.51. The summed E-state index contributed by atoms with van der Waals surface area (Å²) < 4.78 is 21.6. The maximum absolute atomic E-state index is 13.3. The summed E-state index contributed by atoms with van der Waals surface area (Å²) >= 11 is 0. The highest BCUT2D eigenvalue weighted by Gasteiger charge is 2.50. The molecule has 1 aliphatic carbocycles. The first kappa shape index (κ1) is 19.4. The normalized spacial score (nSPS) is 15.4. The standard InChI is InChI=1S/C25H23NO5/c1-28-20-8-6-16(12-22(20)29-2)19-5-3-4-18(26-19)14-24(27)25(10-11-25)17-7-9-21-23(13-17)31-15-30-21/h3-9,12-13H,10-11,14-15H2,1-2H3. The van der Waals surface area contributed by atoms with E-state index in [0.717, 1.165) is 41.1 Å². The fourth-order valence-electron chi connectivity index (χ4n) is 4.12. The Bertz CT molecular complexity index is 1150. The molecule has 0 unspecified atom stereocenters. The summed E-state index contributed by atoms with van der Waals surface area (Å²) in [6, 6.07) is 17.3. The largest absolute Gasteiger partial charge is 0.493 e. The molecule has 6 nitrogen and oxygen atoms in total. The molecular formula is C25H23NO5. The maximum Gasteiger partial charge on any atom is 0.231 e. The van der Waals surface area contributed by atoms with Crippen molar-refractivity contribution in [2.24, 2.45) is 0 Å². The summed E-state index contributed by atoms with van der Waals surface area (Å²) in [5.41, 5.74) is 3.01. The molecule has 2 aromatic carbocycles. The molecule has 0 atom stereocenters. The van der Waals surface area contributed by atoms with Gasteiger partial charge in [0, 0.05) is 17.7 Å². The van der Waals surface area contributed by atoms with Crippen LogP contribution in [0.25, 0.3) is 11.3 Å². The third-order valence-electron chi connectivity index (χ3n) is 6.04. The van der Waals surface area contributed by atoms with Crippen molar-refractivity contribution in [3.05, 3.63) is 65.9 Å². The number of fused-ring (bicyclic) bond motifs is 1. The Kier molecular flexibility index (Phi) is 4.77. The van der Waals surface area contributed by atoms with Crippen LogP contribution in [0.2, 0.25) is 0 Å². The molecule has 5 rings (SSSR count). The SMILES string of the molecule is COc1ccc(-c2cccc(CC(=O)C3(c4ccc5c(c4)OCO5)CC3)n2)cc1OC. The number of ether oxygens (including phenoxy) is 4. The van der Waals surface area contributed by atoms with Crippen LogP contribution in [0.15, 0.2) is 54.6 Å². The monoisotopic (exact) mass is 417 g/mol. The number of hydrogen-bond acceptors (Lipinski definition) is 6. The van der Waals surface area contributed by atoms with Gasteiger partial charge in [0.15, 0.2) is 23.0 Å². The van der Waals surface area contributed by atoms with Gasteiger partial charge >= 0.3 is 0 Å². The molecule has 1 aromatic heterocycles. The Morgan fingerprint density at radius 2 is 1.77 bits per heavy atom. The summed E-state index contributed by atoms with van der Waals surface area (Å²) in [7, 11) is 3.21. The van der Waals surface area contributed by atoms with Gasteiger partial charge in [0.25, 0.3) is 0 Å². The summed E-state index contributed by atoms with van der Waals surface area (Å²) in [4.78, 5) is 18.0. The van der Waals surface area contributed by atoms with E-state index >= 15 is 0 Å². The summed E-state index contributed by atoms with van der Waals surface area (Å²) in [5.74, 6) is 2.93. The predicted octanol–water partition coefficient (Wildman–Crippen LogP) is 4.34. The number of carbonyl (C=O) groups excluding carboxylic acids is 1. The molecule has 0 spiro atoms. The molecule has 0 bridgehead atoms. The van der Waals surface area contributed by atoms with Gasteiger partial charge in [0.05, 0.1) is 25.3 Å². The van der Waals surface area contributed by atoms with E-state index in [-0.39, 0.29) is 19.0 Å². The molecular weight excluding hydrogens is 394 g/mol. The summed E-state index contributed by atoms with van der Waals surface area (Å²) in [5, 5.41) is 0. The van der Waals surface area contributed by atoms with Gasteiger partial charge in [-0.25, -0.2) is 0 Å². The van der Waals surface area contributed by atoms with Crippen LogP contribution in [-0.2, 0) is 16.6 Å². The minimum Gasteiger partial charge on any atom is -0.493 e. The summed E-state index contributed by atoms with van der Waals surface area (Å²) in [6.45, 7) is 0.229. The van der Waals surface area contributed by atoms with Gasteiger partial charge < -0.3 is 18.9 Å². The molecule has 2 heterocycles. The molecule has 6 heteroatoms. The number of benzene rings is 2. The molecule has 1 aliphatic heterocycles. The molecule has 158 valence electrons. The second-order valence-electron chi connectivity index (χ2n) is 7.83. The first-order valence-corrected chi connectivity index (χ1v) is 10.2. The molecule has 3 aromatic rings. The fourth-order valence-corrected chi connectivity index (χ4v) is 4.12. The topological polar surface area (TPSA) is 66.9 Å². The van der Waals surface area contributed by atoms with Crippen LogP contribution in [0.4, 0.5) is 0 Å². The van der Waals surface area contributed by atoms with E-state index in [1.807, 2.05) is 54.6 Å². The third-order valence-corrected chi connectivity index (χ3v) is 6.04. The van der Waals surface area contributed by atoms with E-state index in [0.29, 0.717) is 17.2 Å². The van der Waals surface area contributed by atoms with Crippen molar-refractivity contribution >= 4 is 5.78 Å². The third kappa shape index (κ3) is 3.48. The van der Waals surface area contributed by atoms with E-state index in [2.05, 4.69) is 0 Å². The van der Waals surface area contributed by atoms with Gasteiger partial charge in [-0.2, -0.15) is 0 Å². The minimum absolute atomic E-state index is 0.184. The number of methoxy groups -OCH3 is 2. The summed E-state index contributed by atoms with van der Waals surface area (Å²) in [6.07, 6.45) is 1.98. The van der Waals surface area contributed by atoms with Crippen LogP contribution in [-0.4, -0.2) is 31.8 Å². The number of carbonyl (C=O) groups is 1. The lowest BCUT2D eigenvalue weighted by molar-refractivity contribution is -0.120. The Morgan fingerprint density at radius 3 is 2.55 bits per heavy atom. The lowest BCUT2D eigenvalue weighted by atomic mass is 9.88. The number of ketones is 1. The molecule has 0 saturated heterocycles. The first-order chi connectivity index (χ1) is 15.1. The number of aromatic nitrogens is 1. The zero-order valence-electron chi connectivity index (χ0n) is 17.5.